The third-order valence-corrected chi connectivity index (χ3v) is 4.26. The van der Waals surface area contributed by atoms with Gasteiger partial charge >= 0.3 is 5.97 Å². The monoisotopic (exact) mass is 339 g/mol. The molecule has 25 heavy (non-hydrogen) atoms. The average molecular weight is 339 g/mol. The Bertz CT molecular complexity index is 1120. The van der Waals surface area contributed by atoms with Gasteiger partial charge in [-0.25, -0.2) is 14.8 Å². The van der Waals surface area contributed by atoms with Crippen LogP contribution in [0.4, 0.5) is 0 Å². The highest BCUT2D eigenvalue weighted by Crippen LogP contribution is 2.36. The minimum atomic E-state index is -1.08. The molecular formula is C18H17N3O4. The molecule has 0 atom stereocenters. The second-order valence-corrected chi connectivity index (χ2v) is 6.28. The molecular weight excluding hydrogens is 322 g/mol. The summed E-state index contributed by atoms with van der Waals surface area (Å²) >= 11 is 0. The van der Waals surface area contributed by atoms with Gasteiger partial charge in [-0.05, 0) is 12.1 Å². The lowest BCUT2D eigenvalue weighted by Crippen LogP contribution is -2.07. The number of nitrogens with one attached hydrogen (secondary N) is 1. The zero-order chi connectivity index (χ0) is 17.7. The molecule has 3 heterocycles. The van der Waals surface area contributed by atoms with Crippen LogP contribution in [0.25, 0.3) is 32.9 Å². The number of H-pyrrole nitrogens is 1. The quantitative estimate of drug-likeness (QED) is 0.586. The van der Waals surface area contributed by atoms with E-state index in [1.807, 2.05) is 26.0 Å². The van der Waals surface area contributed by atoms with Crippen LogP contribution in [0.3, 0.4) is 0 Å². The number of carbonyl (C=O) groups is 1. The van der Waals surface area contributed by atoms with Crippen molar-refractivity contribution in [2.75, 3.05) is 7.11 Å². The maximum Gasteiger partial charge on any atom is 0.354 e. The summed E-state index contributed by atoms with van der Waals surface area (Å²) in [7, 11) is 1.53. The van der Waals surface area contributed by atoms with Crippen LogP contribution < -0.4 is 0 Å². The lowest BCUT2D eigenvalue weighted by atomic mass is 10.0. The standard InChI is InChI=1S/C18H17N3O4/c1-8(2)17-21-16-12(25-17)5-4-10-14(16)13-9(7-24-3)15(18(22)23)19-6-11(13)20-10/h4-6,8,20H,7H2,1-3H3,(H,22,23). The molecule has 128 valence electrons. The lowest BCUT2D eigenvalue weighted by Gasteiger charge is -2.06. The second-order valence-electron chi connectivity index (χ2n) is 6.28. The fraction of sp³-hybridized carbons (Fsp3) is 0.278. The van der Waals surface area contributed by atoms with Crippen molar-refractivity contribution in [3.8, 4) is 0 Å². The molecule has 0 aliphatic rings. The van der Waals surface area contributed by atoms with Crippen LogP contribution in [0.2, 0.25) is 0 Å². The molecule has 0 bridgehead atoms. The van der Waals surface area contributed by atoms with Gasteiger partial charge in [-0.2, -0.15) is 0 Å². The van der Waals surface area contributed by atoms with Crippen LogP contribution in [0.5, 0.6) is 0 Å². The summed E-state index contributed by atoms with van der Waals surface area (Å²) in [4.78, 5) is 23.6. The molecule has 0 spiro atoms. The van der Waals surface area contributed by atoms with Gasteiger partial charge in [0, 0.05) is 34.9 Å². The number of methoxy groups -OCH3 is 1. The average Bonchev–Trinajstić information content (AvgIpc) is 3.15. The van der Waals surface area contributed by atoms with Crippen molar-refractivity contribution in [2.24, 2.45) is 0 Å². The SMILES string of the molecule is COCc1c(C(=O)O)ncc2[nH]c3ccc4oc(C(C)C)nc4c3c12. The summed E-state index contributed by atoms with van der Waals surface area (Å²) < 4.78 is 11.1. The van der Waals surface area contributed by atoms with Crippen LogP contribution in [0.15, 0.2) is 22.7 Å². The molecule has 0 amide bonds. The van der Waals surface area contributed by atoms with E-state index in [1.54, 1.807) is 0 Å². The molecule has 0 aliphatic carbocycles. The molecule has 0 fully saturated rings. The zero-order valence-corrected chi connectivity index (χ0v) is 14.1. The van der Waals surface area contributed by atoms with Gasteiger partial charge in [0.2, 0.25) is 0 Å². The number of carboxylic acid groups (broad SMARTS) is 1. The van der Waals surface area contributed by atoms with Gasteiger partial charge in [-0.1, -0.05) is 13.8 Å². The van der Waals surface area contributed by atoms with Gasteiger partial charge in [-0.15, -0.1) is 0 Å². The van der Waals surface area contributed by atoms with E-state index in [9.17, 15) is 9.90 Å². The summed E-state index contributed by atoms with van der Waals surface area (Å²) in [6, 6.07) is 3.78. The minimum absolute atomic E-state index is 0.0140. The number of aromatic carboxylic acids is 1. The number of nitrogens with zero attached hydrogens (tertiary/aromatic N) is 2. The number of pyridine rings is 1. The zero-order valence-electron chi connectivity index (χ0n) is 14.1. The highest BCUT2D eigenvalue weighted by Gasteiger charge is 2.21. The molecule has 0 saturated carbocycles. The number of fused-ring (bicyclic) bond motifs is 5. The first-order valence-electron chi connectivity index (χ1n) is 7.96. The Balaban J connectivity index is 2.19. The van der Waals surface area contributed by atoms with Crippen LogP contribution in [-0.4, -0.2) is 33.1 Å². The van der Waals surface area contributed by atoms with E-state index < -0.39 is 5.97 Å². The van der Waals surface area contributed by atoms with Crippen molar-refractivity contribution in [1.29, 1.82) is 0 Å². The highest BCUT2D eigenvalue weighted by molar-refractivity contribution is 6.20. The molecule has 7 nitrogen and oxygen atoms in total. The number of hydrogen-bond donors (Lipinski definition) is 2. The van der Waals surface area contributed by atoms with Gasteiger partial charge in [0.15, 0.2) is 17.2 Å². The topological polar surface area (TPSA) is 101 Å². The van der Waals surface area contributed by atoms with Crippen molar-refractivity contribution >= 4 is 38.9 Å². The van der Waals surface area contributed by atoms with Crippen molar-refractivity contribution < 1.29 is 19.1 Å². The summed E-state index contributed by atoms with van der Waals surface area (Å²) in [5.41, 5.74) is 3.50. The molecule has 0 unspecified atom stereocenters. The Morgan fingerprint density at radius 2 is 2.12 bits per heavy atom. The Kier molecular flexibility index (Phi) is 3.47. The van der Waals surface area contributed by atoms with Gasteiger partial charge in [-0.3, -0.25) is 0 Å². The highest BCUT2D eigenvalue weighted by atomic mass is 16.5. The Hall–Kier alpha value is -2.93. The number of benzene rings is 1. The maximum absolute atomic E-state index is 11.6. The van der Waals surface area contributed by atoms with Crippen LogP contribution in [-0.2, 0) is 11.3 Å². The lowest BCUT2D eigenvalue weighted by molar-refractivity contribution is 0.0685. The van der Waals surface area contributed by atoms with Crippen molar-refractivity contribution in [3.05, 3.63) is 35.5 Å². The Morgan fingerprint density at radius 3 is 2.80 bits per heavy atom. The van der Waals surface area contributed by atoms with E-state index in [0.717, 1.165) is 21.8 Å². The van der Waals surface area contributed by atoms with Crippen molar-refractivity contribution in [2.45, 2.75) is 26.4 Å². The summed E-state index contributed by atoms with van der Waals surface area (Å²) in [6.07, 6.45) is 1.53. The normalized spacial score (nSPS) is 12.0. The van der Waals surface area contributed by atoms with Crippen LogP contribution >= 0.6 is 0 Å². The molecule has 0 radical (unpaired) electrons. The number of oxazole rings is 1. The Labute approximate surface area is 142 Å². The van der Waals surface area contributed by atoms with Crippen LogP contribution in [0.1, 0.15) is 41.7 Å². The second kappa shape index (κ2) is 5.56. The molecule has 3 aromatic heterocycles. The predicted molar refractivity (Wildman–Crippen MR) is 92.9 cm³/mol. The summed E-state index contributed by atoms with van der Waals surface area (Å²) in [5, 5.41) is 11.1. The molecule has 7 heteroatoms. The Morgan fingerprint density at radius 1 is 1.32 bits per heavy atom. The number of aromatic nitrogens is 3. The van der Waals surface area contributed by atoms with E-state index in [-0.39, 0.29) is 18.2 Å². The molecule has 0 saturated heterocycles. The molecule has 1 aromatic carbocycles. The summed E-state index contributed by atoms with van der Waals surface area (Å²) in [5.74, 6) is -0.279. The molecule has 4 rings (SSSR count). The fourth-order valence-corrected chi connectivity index (χ4v) is 3.16. The largest absolute Gasteiger partial charge is 0.477 e. The molecule has 4 aromatic rings. The smallest absolute Gasteiger partial charge is 0.354 e. The van der Waals surface area contributed by atoms with Gasteiger partial charge in [0.1, 0.15) is 5.52 Å². The van der Waals surface area contributed by atoms with Crippen LogP contribution in [0, 0.1) is 0 Å². The van der Waals surface area contributed by atoms with E-state index >= 15 is 0 Å². The third kappa shape index (κ3) is 2.27. The number of carboxylic acids is 1. The van der Waals surface area contributed by atoms with Gasteiger partial charge < -0.3 is 19.2 Å². The van der Waals surface area contributed by atoms with E-state index in [0.29, 0.717) is 22.6 Å². The van der Waals surface area contributed by atoms with Gasteiger partial charge in [0.25, 0.3) is 0 Å². The first-order chi connectivity index (χ1) is 12.0. The number of rotatable bonds is 4. The fourth-order valence-electron chi connectivity index (χ4n) is 3.16. The molecule has 0 aliphatic heterocycles. The van der Waals surface area contributed by atoms with E-state index in [1.165, 1.54) is 13.3 Å². The van der Waals surface area contributed by atoms with Crippen molar-refractivity contribution in [1.82, 2.24) is 15.0 Å². The van der Waals surface area contributed by atoms with Gasteiger partial charge in [0.05, 0.1) is 18.3 Å². The first-order valence-corrected chi connectivity index (χ1v) is 7.96. The predicted octanol–water partition coefficient (Wildman–Crippen LogP) is 3.83. The summed E-state index contributed by atoms with van der Waals surface area (Å²) in [6.45, 7) is 4.17. The van der Waals surface area contributed by atoms with E-state index in [2.05, 4.69) is 15.0 Å². The third-order valence-electron chi connectivity index (χ3n) is 4.26. The maximum atomic E-state index is 11.6. The number of hydrogen-bond acceptors (Lipinski definition) is 5. The first kappa shape index (κ1) is 15.6. The van der Waals surface area contributed by atoms with E-state index in [4.69, 9.17) is 9.15 Å². The van der Waals surface area contributed by atoms with Crippen molar-refractivity contribution in [3.63, 3.8) is 0 Å². The number of aromatic amines is 1. The molecule has 2 N–H and O–H groups in total. The number of ether oxygens (including phenoxy) is 1. The minimum Gasteiger partial charge on any atom is -0.477 e.